The van der Waals surface area contributed by atoms with Gasteiger partial charge < -0.3 is 9.26 Å². The highest BCUT2D eigenvalue weighted by molar-refractivity contribution is 7.88. The molecule has 0 aliphatic carbocycles. The molecule has 2 aromatic heterocycles. The molecule has 9 heteroatoms. The van der Waals surface area contributed by atoms with Gasteiger partial charge in [0.05, 0.1) is 19.9 Å². The van der Waals surface area contributed by atoms with Crippen LogP contribution in [0.25, 0.3) is 11.4 Å². The lowest BCUT2D eigenvalue weighted by molar-refractivity contribution is 0.376. The molecule has 1 N–H and O–H groups in total. The molecule has 8 nitrogen and oxygen atoms in total. The molecule has 0 aromatic carbocycles. The lowest BCUT2D eigenvalue weighted by Gasteiger charge is -1.98. The van der Waals surface area contributed by atoms with Crippen molar-refractivity contribution < 1.29 is 17.7 Å². The van der Waals surface area contributed by atoms with Gasteiger partial charge in [-0.05, 0) is 6.07 Å². The Morgan fingerprint density at radius 1 is 1.42 bits per heavy atom. The minimum Gasteiger partial charge on any atom is -0.481 e. The van der Waals surface area contributed by atoms with Crippen molar-refractivity contribution in [2.75, 3.05) is 13.4 Å². The van der Waals surface area contributed by atoms with Gasteiger partial charge in [-0.25, -0.2) is 18.1 Å². The second-order valence-electron chi connectivity index (χ2n) is 3.69. The van der Waals surface area contributed by atoms with Gasteiger partial charge in [-0.15, -0.1) is 0 Å². The van der Waals surface area contributed by atoms with Crippen LogP contribution in [0.15, 0.2) is 22.9 Å². The SMILES string of the molecule is COc1ccc(-c2noc(CNS(C)(=O)=O)n2)cn1. The summed E-state index contributed by atoms with van der Waals surface area (Å²) in [5, 5.41) is 3.74. The first-order valence-corrected chi connectivity index (χ1v) is 7.15. The lowest BCUT2D eigenvalue weighted by Crippen LogP contribution is -2.21. The maximum absolute atomic E-state index is 10.9. The monoisotopic (exact) mass is 284 g/mol. The van der Waals surface area contributed by atoms with Crippen LogP contribution in [0.5, 0.6) is 5.88 Å². The van der Waals surface area contributed by atoms with E-state index < -0.39 is 10.0 Å². The Balaban J connectivity index is 2.11. The number of aromatic nitrogens is 3. The van der Waals surface area contributed by atoms with Crippen molar-refractivity contribution in [3.63, 3.8) is 0 Å². The summed E-state index contributed by atoms with van der Waals surface area (Å²) in [5.41, 5.74) is 0.648. The molecule has 0 saturated heterocycles. The van der Waals surface area contributed by atoms with E-state index in [2.05, 4.69) is 19.8 Å². The Labute approximate surface area is 109 Å². The first kappa shape index (κ1) is 13.4. The van der Waals surface area contributed by atoms with Crippen molar-refractivity contribution in [1.29, 1.82) is 0 Å². The van der Waals surface area contributed by atoms with Crippen LogP contribution < -0.4 is 9.46 Å². The average Bonchev–Trinajstić information content (AvgIpc) is 2.84. The molecule has 0 aliphatic heterocycles. The third-order valence-electron chi connectivity index (χ3n) is 2.16. The molecule has 102 valence electrons. The second-order valence-corrected chi connectivity index (χ2v) is 5.53. The van der Waals surface area contributed by atoms with Gasteiger partial charge in [-0.1, -0.05) is 5.16 Å². The number of nitrogens with one attached hydrogen (secondary N) is 1. The van der Waals surface area contributed by atoms with Gasteiger partial charge in [-0.3, -0.25) is 0 Å². The summed E-state index contributed by atoms with van der Waals surface area (Å²) in [4.78, 5) is 8.07. The average molecular weight is 284 g/mol. The van der Waals surface area contributed by atoms with Crippen molar-refractivity contribution in [1.82, 2.24) is 19.8 Å². The molecule has 0 fully saturated rings. The molecule has 0 amide bonds. The van der Waals surface area contributed by atoms with Gasteiger partial charge in [0.2, 0.25) is 27.6 Å². The molecule has 2 aromatic rings. The minimum absolute atomic E-state index is 0.0462. The summed E-state index contributed by atoms with van der Waals surface area (Å²) >= 11 is 0. The molecule has 0 unspecified atom stereocenters. The van der Waals surface area contributed by atoms with Crippen LogP contribution >= 0.6 is 0 Å². The predicted octanol–water partition coefficient (Wildman–Crippen LogP) is 0.189. The maximum Gasteiger partial charge on any atom is 0.242 e. The third-order valence-corrected chi connectivity index (χ3v) is 2.83. The third kappa shape index (κ3) is 3.73. The Morgan fingerprint density at radius 3 is 2.79 bits per heavy atom. The number of sulfonamides is 1. The van der Waals surface area contributed by atoms with Crippen LogP contribution in [0.4, 0.5) is 0 Å². The fraction of sp³-hybridized carbons (Fsp3) is 0.300. The van der Waals surface area contributed by atoms with E-state index in [1.54, 1.807) is 12.1 Å². The fourth-order valence-electron chi connectivity index (χ4n) is 1.27. The Hall–Kier alpha value is -2.00. The quantitative estimate of drug-likeness (QED) is 0.835. The minimum atomic E-state index is -3.29. The van der Waals surface area contributed by atoms with Gasteiger partial charge in [-0.2, -0.15) is 4.98 Å². The van der Waals surface area contributed by atoms with Crippen molar-refractivity contribution >= 4 is 10.0 Å². The Morgan fingerprint density at radius 2 is 2.21 bits per heavy atom. The van der Waals surface area contributed by atoms with Crippen molar-refractivity contribution in [2.45, 2.75) is 6.54 Å². The zero-order valence-electron chi connectivity index (χ0n) is 10.3. The molecule has 0 aliphatic rings. The standard InChI is InChI=1S/C10H12N4O4S/c1-17-8-4-3-7(5-11-8)10-13-9(18-14-10)6-12-19(2,15)16/h3-5,12H,6H2,1-2H3. The topological polar surface area (TPSA) is 107 Å². The summed E-state index contributed by atoms with van der Waals surface area (Å²) in [5.74, 6) is 0.989. The second kappa shape index (κ2) is 5.33. The first-order valence-electron chi connectivity index (χ1n) is 5.25. The van der Waals surface area contributed by atoms with Crippen LogP contribution in [0, 0.1) is 0 Å². The highest BCUT2D eigenvalue weighted by Gasteiger charge is 2.10. The molecule has 0 saturated carbocycles. The summed E-state index contributed by atoms with van der Waals surface area (Å²) in [6, 6.07) is 3.39. The van der Waals surface area contributed by atoms with E-state index in [4.69, 9.17) is 9.26 Å². The zero-order valence-corrected chi connectivity index (χ0v) is 11.1. The number of hydrogen-bond acceptors (Lipinski definition) is 7. The molecule has 0 bridgehead atoms. The lowest BCUT2D eigenvalue weighted by atomic mass is 10.3. The summed E-state index contributed by atoms with van der Waals surface area (Å²) in [6.07, 6.45) is 2.59. The zero-order chi connectivity index (χ0) is 13.9. The van der Waals surface area contributed by atoms with Crippen molar-refractivity contribution in [3.05, 3.63) is 24.2 Å². The summed E-state index contributed by atoms with van der Waals surface area (Å²) in [6.45, 7) is -0.0462. The number of ether oxygens (including phenoxy) is 1. The molecule has 2 heterocycles. The number of rotatable bonds is 5. The van der Waals surface area contributed by atoms with E-state index in [1.165, 1.54) is 13.3 Å². The molecule has 0 atom stereocenters. The smallest absolute Gasteiger partial charge is 0.242 e. The van der Waals surface area contributed by atoms with Crippen molar-refractivity contribution in [3.8, 4) is 17.3 Å². The number of nitrogens with zero attached hydrogens (tertiary/aromatic N) is 3. The van der Waals surface area contributed by atoms with Crippen LogP contribution in [0.1, 0.15) is 5.89 Å². The van der Waals surface area contributed by atoms with E-state index in [0.29, 0.717) is 17.3 Å². The number of pyridine rings is 1. The van der Waals surface area contributed by atoms with E-state index >= 15 is 0 Å². The van der Waals surface area contributed by atoms with E-state index in [0.717, 1.165) is 6.26 Å². The van der Waals surface area contributed by atoms with E-state index in [-0.39, 0.29) is 12.4 Å². The number of methoxy groups -OCH3 is 1. The first-order chi connectivity index (χ1) is 8.98. The van der Waals surface area contributed by atoms with Crippen LogP contribution in [-0.2, 0) is 16.6 Å². The van der Waals surface area contributed by atoms with Crippen LogP contribution in [0.2, 0.25) is 0 Å². The van der Waals surface area contributed by atoms with Gasteiger partial charge in [0.1, 0.15) is 0 Å². The Bertz CT molecular complexity index is 650. The largest absolute Gasteiger partial charge is 0.481 e. The summed E-state index contributed by atoms with van der Waals surface area (Å²) in [7, 11) is -1.77. The predicted molar refractivity (Wildman–Crippen MR) is 65.8 cm³/mol. The molecule has 2 rings (SSSR count). The maximum atomic E-state index is 10.9. The molecule has 19 heavy (non-hydrogen) atoms. The van der Waals surface area contributed by atoms with E-state index in [9.17, 15) is 8.42 Å². The van der Waals surface area contributed by atoms with Gasteiger partial charge >= 0.3 is 0 Å². The Kier molecular flexibility index (Phi) is 3.76. The highest BCUT2D eigenvalue weighted by atomic mass is 32.2. The van der Waals surface area contributed by atoms with E-state index in [1.807, 2.05) is 0 Å². The number of hydrogen-bond donors (Lipinski definition) is 1. The van der Waals surface area contributed by atoms with Gasteiger partial charge in [0.15, 0.2) is 0 Å². The van der Waals surface area contributed by atoms with Gasteiger partial charge in [0, 0.05) is 17.8 Å². The van der Waals surface area contributed by atoms with Gasteiger partial charge in [0.25, 0.3) is 0 Å². The van der Waals surface area contributed by atoms with Crippen molar-refractivity contribution in [2.24, 2.45) is 0 Å². The van der Waals surface area contributed by atoms with Crippen LogP contribution in [0.3, 0.4) is 0 Å². The van der Waals surface area contributed by atoms with Crippen LogP contribution in [-0.4, -0.2) is 36.9 Å². The molecule has 0 spiro atoms. The normalized spacial score (nSPS) is 11.5. The molecular weight excluding hydrogens is 272 g/mol. The summed E-state index contributed by atoms with van der Waals surface area (Å²) < 4.78 is 34.0. The molecule has 0 radical (unpaired) electrons. The fourth-order valence-corrected chi connectivity index (χ4v) is 1.66. The highest BCUT2D eigenvalue weighted by Crippen LogP contribution is 2.16. The molecular formula is C10H12N4O4S.